The van der Waals surface area contributed by atoms with E-state index >= 15 is 0 Å². The van der Waals surface area contributed by atoms with Gasteiger partial charge in [0.25, 0.3) is 0 Å². The van der Waals surface area contributed by atoms with Crippen molar-refractivity contribution < 1.29 is 4.42 Å². The molecule has 0 unspecified atom stereocenters. The first-order valence-corrected chi connectivity index (χ1v) is 7.21. The Kier molecular flexibility index (Phi) is 3.62. The van der Waals surface area contributed by atoms with Gasteiger partial charge in [0, 0.05) is 18.8 Å². The van der Waals surface area contributed by atoms with Gasteiger partial charge in [-0.05, 0) is 25.0 Å². The highest BCUT2D eigenvalue weighted by Crippen LogP contribution is 2.20. The minimum Gasteiger partial charge on any atom is -0.408 e. The number of nitrogens with one attached hydrogen (secondary N) is 1. The molecule has 0 saturated carbocycles. The molecule has 1 aromatic carbocycles. The second-order valence-electron chi connectivity index (χ2n) is 4.97. The summed E-state index contributed by atoms with van der Waals surface area (Å²) in [4.78, 5) is 16.0. The Hall–Kier alpha value is -2.70. The molecule has 0 aliphatic carbocycles. The normalized spacial score (nSPS) is 11.0. The van der Waals surface area contributed by atoms with Crippen molar-refractivity contribution in [2.75, 3.05) is 5.32 Å². The molecule has 22 heavy (non-hydrogen) atoms. The summed E-state index contributed by atoms with van der Waals surface area (Å²) in [6.45, 7) is 4.07. The zero-order chi connectivity index (χ0) is 15.7. The van der Waals surface area contributed by atoms with Gasteiger partial charge in [0.2, 0.25) is 5.95 Å². The van der Waals surface area contributed by atoms with Crippen LogP contribution in [0.15, 0.2) is 27.4 Å². The molecular formula is C15H17N5O2. The Morgan fingerprint density at radius 1 is 1.18 bits per heavy atom. The average molecular weight is 299 g/mol. The van der Waals surface area contributed by atoms with E-state index in [-0.39, 0.29) is 5.76 Å². The van der Waals surface area contributed by atoms with Crippen molar-refractivity contribution in [2.24, 2.45) is 7.05 Å². The minimum absolute atomic E-state index is 0.384. The van der Waals surface area contributed by atoms with Gasteiger partial charge in [-0.3, -0.25) is 4.57 Å². The highest BCUT2D eigenvalue weighted by atomic mass is 16.4. The van der Waals surface area contributed by atoms with Crippen LogP contribution in [0.5, 0.6) is 0 Å². The van der Waals surface area contributed by atoms with E-state index in [2.05, 4.69) is 20.5 Å². The first kappa shape index (κ1) is 14.2. The van der Waals surface area contributed by atoms with Crippen molar-refractivity contribution in [1.29, 1.82) is 0 Å². The quantitative estimate of drug-likeness (QED) is 0.794. The molecule has 0 amide bonds. The molecule has 0 radical (unpaired) electrons. The second-order valence-corrected chi connectivity index (χ2v) is 4.97. The molecule has 0 aliphatic rings. The van der Waals surface area contributed by atoms with E-state index in [1.54, 1.807) is 13.1 Å². The van der Waals surface area contributed by atoms with Crippen molar-refractivity contribution in [3.8, 4) is 0 Å². The third-order valence-electron chi connectivity index (χ3n) is 3.56. The summed E-state index contributed by atoms with van der Waals surface area (Å²) in [6, 6.07) is 5.41. The van der Waals surface area contributed by atoms with Crippen LogP contribution in [0, 0.1) is 0 Å². The third-order valence-corrected chi connectivity index (χ3v) is 3.56. The average Bonchev–Trinajstić information content (AvgIpc) is 2.81. The first-order chi connectivity index (χ1) is 10.6. The molecule has 7 nitrogen and oxygen atoms in total. The minimum atomic E-state index is -0.384. The van der Waals surface area contributed by atoms with Gasteiger partial charge in [-0.2, -0.15) is 0 Å². The number of anilines is 2. The van der Waals surface area contributed by atoms with E-state index in [1.807, 2.05) is 26.0 Å². The van der Waals surface area contributed by atoms with Gasteiger partial charge in [-0.15, -0.1) is 10.2 Å². The maximum absolute atomic E-state index is 11.5. The van der Waals surface area contributed by atoms with Crippen LogP contribution in [0.25, 0.3) is 11.1 Å². The zero-order valence-corrected chi connectivity index (χ0v) is 12.8. The van der Waals surface area contributed by atoms with Crippen LogP contribution < -0.4 is 11.1 Å². The number of rotatable bonds is 4. The number of fused-ring (bicyclic) bond motifs is 1. The molecule has 2 aromatic heterocycles. The molecule has 1 N–H and O–H groups in total. The molecule has 114 valence electrons. The molecular weight excluding hydrogens is 282 g/mol. The maximum atomic E-state index is 11.5. The topological polar surface area (TPSA) is 85.8 Å². The van der Waals surface area contributed by atoms with Gasteiger partial charge >= 0.3 is 5.76 Å². The number of nitrogens with zero attached hydrogens (tertiary/aromatic N) is 4. The van der Waals surface area contributed by atoms with Crippen molar-refractivity contribution >= 4 is 22.7 Å². The van der Waals surface area contributed by atoms with Gasteiger partial charge in [-0.25, -0.2) is 9.78 Å². The lowest BCUT2D eigenvalue weighted by molar-refractivity contribution is 0.528. The lowest BCUT2D eigenvalue weighted by atomic mass is 10.2. The standard InChI is InChI=1S/C15H17N5O2/c1-4-10-11(5-2)18-19-14(17-10)16-9-6-7-12-13(8-9)22-15(21)20(12)3/h6-8H,4-5H2,1-3H3,(H,16,17,19). The maximum Gasteiger partial charge on any atom is 0.419 e. The molecule has 3 aromatic rings. The molecule has 0 atom stereocenters. The van der Waals surface area contributed by atoms with E-state index in [1.165, 1.54) is 4.57 Å². The summed E-state index contributed by atoms with van der Waals surface area (Å²) in [5.41, 5.74) is 3.86. The number of aromatic nitrogens is 4. The lowest BCUT2D eigenvalue weighted by Gasteiger charge is -2.07. The summed E-state index contributed by atoms with van der Waals surface area (Å²) in [6.07, 6.45) is 1.62. The van der Waals surface area contributed by atoms with Crippen LogP contribution in [0.3, 0.4) is 0 Å². The summed E-state index contributed by atoms with van der Waals surface area (Å²) >= 11 is 0. The van der Waals surface area contributed by atoms with Crippen LogP contribution >= 0.6 is 0 Å². The van der Waals surface area contributed by atoms with E-state index in [0.717, 1.165) is 35.4 Å². The Bertz CT molecular complexity index is 881. The predicted octanol–water partition coefficient (Wildman–Crippen LogP) is 2.18. The van der Waals surface area contributed by atoms with E-state index in [9.17, 15) is 4.79 Å². The molecule has 0 spiro atoms. The zero-order valence-electron chi connectivity index (χ0n) is 12.8. The SMILES string of the molecule is CCc1nnc(Nc2ccc3c(c2)oc(=O)n3C)nc1CC. The van der Waals surface area contributed by atoms with Crippen LogP contribution in [0.4, 0.5) is 11.6 Å². The van der Waals surface area contributed by atoms with Crippen molar-refractivity contribution in [3.05, 3.63) is 40.1 Å². The van der Waals surface area contributed by atoms with Gasteiger partial charge in [0.1, 0.15) is 0 Å². The fourth-order valence-corrected chi connectivity index (χ4v) is 2.33. The number of oxazole rings is 1. The fraction of sp³-hybridized carbons (Fsp3) is 0.333. The van der Waals surface area contributed by atoms with Crippen LogP contribution in [0.1, 0.15) is 25.2 Å². The van der Waals surface area contributed by atoms with Gasteiger partial charge in [-0.1, -0.05) is 13.8 Å². The Balaban J connectivity index is 1.94. The van der Waals surface area contributed by atoms with E-state index < -0.39 is 0 Å². The van der Waals surface area contributed by atoms with E-state index in [4.69, 9.17) is 4.42 Å². The van der Waals surface area contributed by atoms with Crippen LogP contribution in [-0.4, -0.2) is 19.7 Å². The summed E-state index contributed by atoms with van der Waals surface area (Å²) in [5.74, 6) is 0.0531. The van der Waals surface area contributed by atoms with Crippen LogP contribution in [0.2, 0.25) is 0 Å². The molecule has 2 heterocycles. The highest BCUT2D eigenvalue weighted by Gasteiger charge is 2.09. The summed E-state index contributed by atoms with van der Waals surface area (Å²) in [5, 5.41) is 11.4. The largest absolute Gasteiger partial charge is 0.419 e. The van der Waals surface area contributed by atoms with Crippen LogP contribution in [-0.2, 0) is 19.9 Å². The second kappa shape index (κ2) is 5.59. The smallest absolute Gasteiger partial charge is 0.408 e. The summed E-state index contributed by atoms with van der Waals surface area (Å²) in [7, 11) is 1.67. The Morgan fingerprint density at radius 2 is 1.95 bits per heavy atom. The van der Waals surface area contributed by atoms with Gasteiger partial charge < -0.3 is 9.73 Å². The highest BCUT2D eigenvalue weighted by molar-refractivity contribution is 5.78. The number of hydrogen-bond acceptors (Lipinski definition) is 6. The molecule has 0 bridgehead atoms. The summed E-state index contributed by atoms with van der Waals surface area (Å²) < 4.78 is 6.63. The monoisotopic (exact) mass is 299 g/mol. The number of aryl methyl sites for hydroxylation is 3. The Morgan fingerprint density at radius 3 is 2.68 bits per heavy atom. The predicted molar refractivity (Wildman–Crippen MR) is 83.3 cm³/mol. The molecule has 0 aliphatic heterocycles. The Labute approximate surface area is 127 Å². The fourth-order valence-electron chi connectivity index (χ4n) is 2.33. The first-order valence-electron chi connectivity index (χ1n) is 7.21. The van der Waals surface area contributed by atoms with Gasteiger partial charge in [0.05, 0.1) is 16.9 Å². The van der Waals surface area contributed by atoms with Gasteiger partial charge in [0.15, 0.2) is 5.58 Å². The number of benzene rings is 1. The van der Waals surface area contributed by atoms with Crippen molar-refractivity contribution in [2.45, 2.75) is 26.7 Å². The lowest BCUT2D eigenvalue weighted by Crippen LogP contribution is -2.08. The molecule has 0 fully saturated rings. The molecule has 0 saturated heterocycles. The van der Waals surface area contributed by atoms with E-state index in [0.29, 0.717) is 11.5 Å². The number of hydrogen-bond donors (Lipinski definition) is 1. The molecule has 7 heteroatoms. The molecule has 3 rings (SSSR count). The van der Waals surface area contributed by atoms with Crippen molar-refractivity contribution in [3.63, 3.8) is 0 Å². The third kappa shape index (κ3) is 2.45. The van der Waals surface area contributed by atoms with Crippen molar-refractivity contribution in [1.82, 2.24) is 19.7 Å².